The minimum Gasteiger partial charge on any atom is -0.350 e. The van der Waals surface area contributed by atoms with Gasteiger partial charge in [-0.3, -0.25) is 4.79 Å². The lowest BCUT2D eigenvalue weighted by Gasteiger charge is -2.20. The predicted octanol–water partition coefficient (Wildman–Crippen LogP) is 2.87. The first-order chi connectivity index (χ1) is 14.5. The van der Waals surface area contributed by atoms with Crippen molar-refractivity contribution in [3.05, 3.63) is 66.2 Å². The Morgan fingerprint density at radius 2 is 1.90 bits per heavy atom. The fourth-order valence-corrected chi connectivity index (χ4v) is 3.79. The molecule has 1 aliphatic heterocycles. The largest absolute Gasteiger partial charge is 0.350 e. The van der Waals surface area contributed by atoms with E-state index in [9.17, 15) is 4.79 Å². The molecule has 1 aliphatic rings. The van der Waals surface area contributed by atoms with E-state index in [2.05, 4.69) is 46.4 Å². The van der Waals surface area contributed by atoms with E-state index < -0.39 is 0 Å². The fraction of sp³-hybridized carbons (Fsp3) is 0.348. The predicted molar refractivity (Wildman–Crippen MR) is 118 cm³/mol. The van der Waals surface area contributed by atoms with Gasteiger partial charge in [0.2, 0.25) is 5.95 Å². The first-order valence-electron chi connectivity index (χ1n) is 10.2. The molecule has 0 radical (unpaired) electrons. The zero-order valence-corrected chi connectivity index (χ0v) is 17.7. The molecule has 0 saturated carbocycles. The van der Waals surface area contributed by atoms with Gasteiger partial charge in [-0.2, -0.15) is 0 Å². The molecule has 1 fully saturated rings. The van der Waals surface area contributed by atoms with Gasteiger partial charge in [0.05, 0.1) is 0 Å². The van der Waals surface area contributed by atoms with Crippen molar-refractivity contribution in [2.45, 2.75) is 19.0 Å². The van der Waals surface area contributed by atoms with E-state index in [-0.39, 0.29) is 5.91 Å². The van der Waals surface area contributed by atoms with Crippen LogP contribution in [0.2, 0.25) is 0 Å². The third-order valence-electron chi connectivity index (χ3n) is 5.68. The number of hydrogen-bond donors (Lipinski definition) is 1. The second-order valence-corrected chi connectivity index (χ2v) is 8.02. The Hall–Kier alpha value is -3.19. The summed E-state index contributed by atoms with van der Waals surface area (Å²) < 4.78 is 1.89. The van der Waals surface area contributed by atoms with Crippen molar-refractivity contribution in [1.29, 1.82) is 0 Å². The zero-order chi connectivity index (χ0) is 21.1. The molecule has 3 aromatic rings. The molecule has 1 aromatic carbocycles. The van der Waals surface area contributed by atoms with Crippen molar-refractivity contribution < 1.29 is 4.79 Å². The minimum absolute atomic E-state index is 0.0789. The second kappa shape index (κ2) is 8.67. The molecule has 0 bridgehead atoms. The van der Waals surface area contributed by atoms with Crippen molar-refractivity contribution in [3.63, 3.8) is 0 Å². The Kier molecular flexibility index (Phi) is 5.81. The van der Waals surface area contributed by atoms with Crippen molar-refractivity contribution in [2.75, 3.05) is 32.5 Å². The summed E-state index contributed by atoms with van der Waals surface area (Å²) in [5, 5.41) is 3.23. The lowest BCUT2D eigenvalue weighted by Crippen LogP contribution is -2.35. The smallest absolute Gasteiger partial charge is 0.270 e. The number of rotatable bonds is 6. The van der Waals surface area contributed by atoms with Crippen molar-refractivity contribution in [2.24, 2.45) is 7.05 Å². The lowest BCUT2D eigenvalue weighted by molar-refractivity contribution is 0.0773. The molecule has 0 aliphatic carbocycles. The van der Waals surface area contributed by atoms with Crippen molar-refractivity contribution in [3.8, 4) is 11.1 Å². The number of likely N-dealkylation sites (tertiary alicyclic amines) is 1. The number of nitrogens with zero attached hydrogens (tertiary/aromatic N) is 5. The fourth-order valence-electron chi connectivity index (χ4n) is 3.79. The average Bonchev–Trinajstić information content (AvgIpc) is 3.40. The number of aromatic nitrogens is 3. The van der Waals surface area contributed by atoms with Crippen LogP contribution in [0.5, 0.6) is 0 Å². The van der Waals surface area contributed by atoms with Crippen LogP contribution < -0.4 is 5.32 Å². The molecule has 1 saturated heterocycles. The number of amides is 1. The number of aryl methyl sites for hydroxylation is 1. The van der Waals surface area contributed by atoms with Crippen LogP contribution >= 0.6 is 0 Å². The maximum Gasteiger partial charge on any atom is 0.270 e. The van der Waals surface area contributed by atoms with E-state index in [0.717, 1.165) is 30.6 Å². The number of carbonyl (C=O) groups excluding carboxylic acids is 1. The van der Waals surface area contributed by atoms with E-state index in [4.69, 9.17) is 0 Å². The van der Waals surface area contributed by atoms with Gasteiger partial charge in [0.15, 0.2) is 0 Å². The van der Waals surface area contributed by atoms with Crippen LogP contribution in [0.25, 0.3) is 11.1 Å². The number of carbonyl (C=O) groups is 1. The molecule has 2 aromatic heterocycles. The Morgan fingerprint density at radius 1 is 1.17 bits per heavy atom. The molecule has 7 nitrogen and oxygen atoms in total. The lowest BCUT2D eigenvalue weighted by atomic mass is 10.2. The minimum atomic E-state index is 0.0789. The molecular weight excluding hydrogens is 376 g/mol. The molecule has 1 unspecified atom stereocenters. The van der Waals surface area contributed by atoms with Crippen LogP contribution in [0.4, 0.5) is 5.95 Å². The SMILES string of the molecule is CN(C)C1CCN(C(=O)c2cc(-c3cnc(NCc4ccccc4)nc3)cn2C)C1. The van der Waals surface area contributed by atoms with E-state index in [1.165, 1.54) is 5.56 Å². The van der Waals surface area contributed by atoms with Crippen LogP contribution in [0.1, 0.15) is 22.5 Å². The van der Waals surface area contributed by atoms with E-state index in [1.54, 1.807) is 12.4 Å². The first-order valence-corrected chi connectivity index (χ1v) is 10.2. The molecule has 156 valence electrons. The van der Waals surface area contributed by atoms with Crippen molar-refractivity contribution >= 4 is 11.9 Å². The summed E-state index contributed by atoms with van der Waals surface area (Å²) in [6.07, 6.45) is 6.56. The Balaban J connectivity index is 1.43. The third kappa shape index (κ3) is 4.36. The van der Waals surface area contributed by atoms with Gasteiger partial charge in [-0.1, -0.05) is 30.3 Å². The molecule has 30 heavy (non-hydrogen) atoms. The molecule has 1 N–H and O–H groups in total. The zero-order valence-electron chi connectivity index (χ0n) is 17.7. The summed E-state index contributed by atoms with van der Waals surface area (Å²) in [5.41, 5.74) is 3.70. The normalized spacial score (nSPS) is 16.3. The molecule has 1 amide bonds. The quantitative estimate of drug-likeness (QED) is 0.684. The van der Waals surface area contributed by atoms with Crippen LogP contribution in [-0.4, -0.2) is 63.5 Å². The summed E-state index contributed by atoms with van der Waals surface area (Å²) in [4.78, 5) is 26.0. The standard InChI is InChI=1S/C23H28N6O/c1-27(2)20-9-10-29(16-20)22(30)21-11-18(15-28(21)3)19-13-25-23(26-14-19)24-12-17-7-5-4-6-8-17/h4-8,11,13-15,20H,9-10,12,16H2,1-3H3,(H,24,25,26). The molecule has 3 heterocycles. The topological polar surface area (TPSA) is 66.3 Å². The number of anilines is 1. The van der Waals surface area contributed by atoms with Crippen LogP contribution in [0, 0.1) is 0 Å². The van der Waals surface area contributed by atoms with Gasteiger partial charge >= 0.3 is 0 Å². The van der Waals surface area contributed by atoms with Gasteiger partial charge in [0.25, 0.3) is 5.91 Å². The Labute approximate surface area is 177 Å². The van der Waals surface area contributed by atoms with Gasteiger partial charge < -0.3 is 19.7 Å². The van der Waals surface area contributed by atoms with Gasteiger partial charge in [0, 0.05) is 62.4 Å². The molecular formula is C23H28N6O. The summed E-state index contributed by atoms with van der Waals surface area (Å²) >= 11 is 0. The van der Waals surface area contributed by atoms with E-state index in [0.29, 0.717) is 24.2 Å². The van der Waals surface area contributed by atoms with Crippen molar-refractivity contribution in [1.82, 2.24) is 24.3 Å². The first kappa shape index (κ1) is 20.1. The third-order valence-corrected chi connectivity index (χ3v) is 5.68. The van der Waals surface area contributed by atoms with Crippen LogP contribution in [-0.2, 0) is 13.6 Å². The molecule has 7 heteroatoms. The van der Waals surface area contributed by atoms with Gasteiger partial charge in [-0.15, -0.1) is 0 Å². The van der Waals surface area contributed by atoms with Crippen LogP contribution in [0.3, 0.4) is 0 Å². The van der Waals surface area contributed by atoms with E-state index in [1.807, 2.05) is 47.0 Å². The maximum atomic E-state index is 13.0. The van der Waals surface area contributed by atoms with Gasteiger partial charge in [-0.05, 0) is 32.1 Å². The highest BCUT2D eigenvalue weighted by molar-refractivity contribution is 5.94. The molecule has 4 rings (SSSR count). The average molecular weight is 405 g/mol. The second-order valence-electron chi connectivity index (χ2n) is 8.02. The summed E-state index contributed by atoms with van der Waals surface area (Å²) in [5.74, 6) is 0.664. The molecule has 1 atom stereocenters. The Morgan fingerprint density at radius 3 is 2.57 bits per heavy atom. The highest BCUT2D eigenvalue weighted by Crippen LogP contribution is 2.23. The summed E-state index contributed by atoms with van der Waals surface area (Å²) in [6.45, 7) is 2.25. The number of nitrogens with one attached hydrogen (secondary N) is 1. The monoisotopic (exact) mass is 404 g/mol. The van der Waals surface area contributed by atoms with E-state index >= 15 is 0 Å². The van der Waals surface area contributed by atoms with Gasteiger partial charge in [0.1, 0.15) is 5.69 Å². The highest BCUT2D eigenvalue weighted by atomic mass is 16.2. The van der Waals surface area contributed by atoms with Gasteiger partial charge in [-0.25, -0.2) is 9.97 Å². The number of likely N-dealkylation sites (N-methyl/N-ethyl adjacent to an activating group) is 1. The summed E-state index contributed by atoms with van der Waals surface area (Å²) in [7, 11) is 6.04. The number of benzene rings is 1. The number of hydrogen-bond acceptors (Lipinski definition) is 5. The summed E-state index contributed by atoms with van der Waals surface area (Å²) in [6, 6.07) is 12.5. The maximum absolute atomic E-state index is 13.0. The van der Waals surface area contributed by atoms with Crippen LogP contribution in [0.15, 0.2) is 55.0 Å². The highest BCUT2D eigenvalue weighted by Gasteiger charge is 2.29. The Bertz CT molecular complexity index is 996. The molecule has 0 spiro atoms.